The van der Waals surface area contributed by atoms with E-state index in [0.29, 0.717) is 52.7 Å². The summed E-state index contributed by atoms with van der Waals surface area (Å²) in [4.78, 5) is 19.2. The van der Waals surface area contributed by atoms with E-state index in [0.717, 1.165) is 12.0 Å². The predicted molar refractivity (Wildman–Crippen MR) is 145 cm³/mol. The van der Waals surface area contributed by atoms with Crippen molar-refractivity contribution < 1.29 is 29.2 Å². The summed E-state index contributed by atoms with van der Waals surface area (Å²) in [6.07, 6.45) is 1.42. The van der Waals surface area contributed by atoms with E-state index in [2.05, 4.69) is 0 Å². The van der Waals surface area contributed by atoms with Crippen LogP contribution in [0.1, 0.15) is 46.1 Å². The minimum Gasteiger partial charge on any atom is -0.504 e. The fourth-order valence-corrected chi connectivity index (χ4v) is 6.85. The summed E-state index contributed by atoms with van der Waals surface area (Å²) in [5.41, 5.74) is -1.66. The lowest BCUT2D eigenvalue weighted by Gasteiger charge is -2.40. The highest BCUT2D eigenvalue weighted by Crippen LogP contribution is 2.69. The zero-order valence-corrected chi connectivity index (χ0v) is 22.3. The molecule has 1 aliphatic carbocycles. The van der Waals surface area contributed by atoms with Gasteiger partial charge in [-0.1, -0.05) is 36.4 Å². The maximum atomic E-state index is 14.3. The van der Waals surface area contributed by atoms with Crippen molar-refractivity contribution in [2.75, 3.05) is 21.3 Å². The fraction of sp³-hybridized carbons (Fsp3) is 0.290. The first-order chi connectivity index (χ1) is 19.4. The van der Waals surface area contributed by atoms with Crippen LogP contribution in [0.4, 0.5) is 0 Å². The number of aryl methyl sites for hydroxylation is 1. The van der Waals surface area contributed by atoms with Crippen LogP contribution in [0.2, 0.25) is 0 Å². The molecule has 0 fully saturated rings. The van der Waals surface area contributed by atoms with Crippen molar-refractivity contribution in [1.29, 1.82) is 0 Å². The Morgan fingerprint density at radius 1 is 1.00 bits per heavy atom. The number of hydrogen-bond donors (Lipinski definition) is 2. The average Bonchev–Trinajstić information content (AvgIpc) is 3.61. The number of ether oxygens (including phenoxy) is 4. The van der Waals surface area contributed by atoms with Gasteiger partial charge in [0.2, 0.25) is 0 Å². The molecule has 2 aliphatic heterocycles. The van der Waals surface area contributed by atoms with Gasteiger partial charge in [-0.25, -0.2) is 4.98 Å². The number of methoxy groups -OCH3 is 3. The van der Waals surface area contributed by atoms with Gasteiger partial charge in [0.1, 0.15) is 23.1 Å². The molecule has 0 amide bonds. The minimum atomic E-state index is -1.96. The van der Waals surface area contributed by atoms with Crippen molar-refractivity contribution in [2.24, 2.45) is 0 Å². The zero-order chi connectivity index (χ0) is 27.8. The normalized spacial score (nSPS) is 23.6. The number of aliphatic hydroxyl groups is 1. The fourth-order valence-electron chi connectivity index (χ4n) is 6.85. The molecular formula is C31H28N2O7. The van der Waals surface area contributed by atoms with Gasteiger partial charge < -0.3 is 29.2 Å². The maximum absolute atomic E-state index is 14.3. The van der Waals surface area contributed by atoms with Crippen LogP contribution in [-0.2, 0) is 24.2 Å². The number of rotatable bonds is 5. The average molecular weight is 541 g/mol. The van der Waals surface area contributed by atoms with Gasteiger partial charge in [-0.05, 0) is 24.1 Å². The van der Waals surface area contributed by atoms with E-state index < -0.39 is 17.1 Å². The van der Waals surface area contributed by atoms with E-state index in [1.165, 1.54) is 27.4 Å². The van der Waals surface area contributed by atoms with Crippen LogP contribution in [0.15, 0.2) is 65.5 Å². The van der Waals surface area contributed by atoms with E-state index in [4.69, 9.17) is 23.9 Å². The predicted octanol–water partition coefficient (Wildman–Crippen LogP) is 3.59. The number of phenolic OH excluding ortho intramolecular Hbond substituents is 1. The molecule has 3 heterocycles. The van der Waals surface area contributed by atoms with E-state index in [1.54, 1.807) is 28.8 Å². The first-order valence-corrected chi connectivity index (χ1v) is 13.1. The molecule has 0 saturated heterocycles. The topological polar surface area (TPSA) is 112 Å². The van der Waals surface area contributed by atoms with Gasteiger partial charge in [-0.3, -0.25) is 9.36 Å². The van der Waals surface area contributed by atoms with Gasteiger partial charge in [0.05, 0.1) is 44.1 Å². The lowest BCUT2D eigenvalue weighted by atomic mass is 9.70. The van der Waals surface area contributed by atoms with Crippen molar-refractivity contribution in [3.63, 3.8) is 0 Å². The molecule has 3 atom stereocenters. The Balaban J connectivity index is 1.66. The summed E-state index contributed by atoms with van der Waals surface area (Å²) in [7, 11) is 4.51. The van der Waals surface area contributed by atoms with Crippen LogP contribution in [0.3, 0.4) is 0 Å². The van der Waals surface area contributed by atoms with Gasteiger partial charge in [-0.2, -0.15) is 0 Å². The largest absolute Gasteiger partial charge is 0.504 e. The summed E-state index contributed by atoms with van der Waals surface area (Å²) in [5, 5.41) is 24.2. The molecule has 9 nitrogen and oxygen atoms in total. The second kappa shape index (κ2) is 8.50. The SMILES string of the molecule is COc1cc(OC)c2c(c1)O[C@@]1(c3ccc(OC)c(O)c3)[C@H](c3ccccc3)c3c(nc4n(c3=O)CCC4)[C@@]21O. The number of aromatic nitrogens is 2. The number of nitrogens with zero attached hydrogens (tertiary/aromatic N) is 2. The van der Waals surface area contributed by atoms with Crippen molar-refractivity contribution in [3.8, 4) is 28.7 Å². The number of phenols is 1. The van der Waals surface area contributed by atoms with Gasteiger partial charge in [-0.15, -0.1) is 0 Å². The van der Waals surface area contributed by atoms with Crippen LogP contribution in [-0.4, -0.2) is 41.1 Å². The molecule has 0 unspecified atom stereocenters. The first kappa shape index (κ1) is 24.5. The highest BCUT2D eigenvalue weighted by Gasteiger charge is 2.74. The number of aromatic hydroxyl groups is 1. The van der Waals surface area contributed by atoms with E-state index in [9.17, 15) is 15.0 Å². The second-order valence-corrected chi connectivity index (χ2v) is 10.3. The van der Waals surface area contributed by atoms with Crippen molar-refractivity contribution in [2.45, 2.75) is 36.5 Å². The number of benzene rings is 3. The number of fused-ring (bicyclic) bond motifs is 6. The molecule has 40 heavy (non-hydrogen) atoms. The quantitative estimate of drug-likeness (QED) is 0.395. The van der Waals surface area contributed by atoms with Crippen LogP contribution in [0.25, 0.3) is 0 Å². The molecule has 3 aliphatic rings. The first-order valence-electron chi connectivity index (χ1n) is 13.1. The second-order valence-electron chi connectivity index (χ2n) is 10.3. The molecule has 3 aromatic carbocycles. The Labute approximate surface area is 230 Å². The molecule has 9 heteroatoms. The minimum absolute atomic E-state index is 0.129. The van der Waals surface area contributed by atoms with Crippen molar-refractivity contribution in [1.82, 2.24) is 9.55 Å². The van der Waals surface area contributed by atoms with Gasteiger partial charge in [0, 0.05) is 30.7 Å². The molecule has 4 aromatic rings. The van der Waals surface area contributed by atoms with Crippen LogP contribution < -0.4 is 24.5 Å². The molecule has 0 bridgehead atoms. The summed E-state index contributed by atoms with van der Waals surface area (Å²) >= 11 is 0. The molecule has 204 valence electrons. The van der Waals surface area contributed by atoms with E-state index in [1.807, 2.05) is 30.3 Å². The monoisotopic (exact) mass is 540 g/mol. The Morgan fingerprint density at radius 2 is 1.77 bits per heavy atom. The highest BCUT2D eigenvalue weighted by atomic mass is 16.5. The molecule has 0 saturated carbocycles. The Hall–Kier alpha value is -4.50. The highest BCUT2D eigenvalue weighted by molar-refractivity contribution is 5.69. The van der Waals surface area contributed by atoms with Crippen LogP contribution in [0, 0.1) is 0 Å². The Kier molecular flexibility index (Phi) is 5.21. The Bertz CT molecular complexity index is 1730. The lowest BCUT2D eigenvalue weighted by molar-refractivity contribution is -0.0911. The summed E-state index contributed by atoms with van der Waals surface area (Å²) in [5.74, 6) is 1.12. The number of hydrogen-bond acceptors (Lipinski definition) is 8. The molecule has 7 rings (SSSR count). The third-order valence-electron chi connectivity index (χ3n) is 8.51. The zero-order valence-electron chi connectivity index (χ0n) is 22.3. The maximum Gasteiger partial charge on any atom is 0.257 e. The summed E-state index contributed by atoms with van der Waals surface area (Å²) in [6, 6.07) is 17.7. The van der Waals surface area contributed by atoms with E-state index in [-0.39, 0.29) is 22.8 Å². The standard InChI is InChI=1S/C31H28N2O7/c1-37-19-15-22(39-3)27-23(16-19)40-31(18-11-12-21(38-2)20(34)14-18)26(17-8-5-4-6-9-17)25-28(30(27,31)36)32-24-10-7-13-33(24)29(25)35/h4-6,8-9,11-12,14-16,26,34,36H,7,10,13H2,1-3H3/t26-,30+,31+/m1/s1. The third kappa shape index (κ3) is 2.90. The van der Waals surface area contributed by atoms with Crippen LogP contribution >= 0.6 is 0 Å². The van der Waals surface area contributed by atoms with Gasteiger partial charge in [0.25, 0.3) is 5.56 Å². The molecule has 2 N–H and O–H groups in total. The molecule has 0 radical (unpaired) electrons. The lowest BCUT2D eigenvalue weighted by Crippen LogP contribution is -2.49. The molecule has 0 spiro atoms. The van der Waals surface area contributed by atoms with Gasteiger partial charge >= 0.3 is 0 Å². The molecular weight excluding hydrogens is 512 g/mol. The summed E-state index contributed by atoms with van der Waals surface area (Å²) < 4.78 is 25.2. The smallest absolute Gasteiger partial charge is 0.257 e. The third-order valence-corrected chi connectivity index (χ3v) is 8.51. The Morgan fingerprint density at radius 3 is 2.48 bits per heavy atom. The van der Waals surface area contributed by atoms with E-state index >= 15 is 0 Å². The molecule has 1 aromatic heterocycles. The van der Waals surface area contributed by atoms with Crippen molar-refractivity contribution >= 4 is 0 Å². The van der Waals surface area contributed by atoms with Crippen LogP contribution in [0.5, 0.6) is 28.7 Å². The summed E-state index contributed by atoms with van der Waals surface area (Å²) in [6.45, 7) is 0.558. The van der Waals surface area contributed by atoms with Gasteiger partial charge in [0.15, 0.2) is 22.7 Å². The van der Waals surface area contributed by atoms with Crippen molar-refractivity contribution in [3.05, 3.63) is 105 Å².